The summed E-state index contributed by atoms with van der Waals surface area (Å²) in [6.45, 7) is 1.00. The Hall–Kier alpha value is -1.76. The van der Waals surface area contributed by atoms with Crippen molar-refractivity contribution in [3.63, 3.8) is 0 Å². The summed E-state index contributed by atoms with van der Waals surface area (Å²) < 4.78 is 29.8. The first-order valence-corrected chi connectivity index (χ1v) is 8.67. The van der Waals surface area contributed by atoms with E-state index in [1.165, 1.54) is 0 Å². The number of epoxide rings is 1. The van der Waals surface area contributed by atoms with Crippen LogP contribution in [0.25, 0.3) is 0 Å². The smallest absolute Gasteiger partial charge is 0.187 e. The molecular formula is C20H20O5. The summed E-state index contributed by atoms with van der Waals surface area (Å²) >= 11 is 0. The van der Waals surface area contributed by atoms with Crippen molar-refractivity contribution in [2.75, 3.05) is 6.61 Å². The minimum absolute atomic E-state index is 0.0560. The summed E-state index contributed by atoms with van der Waals surface area (Å²) in [5, 5.41) is 0. The van der Waals surface area contributed by atoms with E-state index in [0.717, 1.165) is 11.1 Å². The number of fused-ring (bicyclic) bond motifs is 2. The fraction of sp³-hybridized carbons (Fsp3) is 0.400. The topological polar surface area (TPSA) is 49.5 Å². The predicted molar refractivity (Wildman–Crippen MR) is 88.6 cm³/mol. The van der Waals surface area contributed by atoms with Gasteiger partial charge in [0.1, 0.15) is 24.4 Å². The van der Waals surface area contributed by atoms with Gasteiger partial charge in [-0.15, -0.1) is 0 Å². The first kappa shape index (κ1) is 15.5. The monoisotopic (exact) mass is 340 g/mol. The standard InChI is InChI=1S/C20H20O5/c1-3-7-13(8-4-1)11-21-17-16-15(23-20-18(17)25-20)12-22-19(24-16)14-9-5-2-6-10-14/h1-10,15-20H,11-12H2/t15-,16-,17+,18-,19?,20+/m1/s1. The zero-order valence-electron chi connectivity index (χ0n) is 13.7. The van der Waals surface area contributed by atoms with Crippen LogP contribution >= 0.6 is 0 Å². The molecule has 3 saturated heterocycles. The molecule has 3 heterocycles. The van der Waals surface area contributed by atoms with E-state index >= 15 is 0 Å². The summed E-state index contributed by atoms with van der Waals surface area (Å²) in [5.74, 6) is 0. The molecule has 3 aliphatic heterocycles. The van der Waals surface area contributed by atoms with Gasteiger partial charge >= 0.3 is 0 Å². The normalized spacial score (nSPS) is 36.3. The molecule has 0 saturated carbocycles. The molecule has 3 fully saturated rings. The quantitative estimate of drug-likeness (QED) is 0.801. The summed E-state index contributed by atoms with van der Waals surface area (Å²) in [4.78, 5) is 0. The predicted octanol–water partition coefficient (Wildman–Crippen LogP) is 2.81. The van der Waals surface area contributed by atoms with Crippen LogP contribution in [0, 0.1) is 0 Å². The maximum atomic E-state index is 6.22. The van der Waals surface area contributed by atoms with E-state index in [0.29, 0.717) is 13.2 Å². The van der Waals surface area contributed by atoms with Gasteiger partial charge < -0.3 is 23.7 Å². The largest absolute Gasteiger partial charge is 0.368 e. The maximum absolute atomic E-state index is 6.22. The first-order valence-electron chi connectivity index (χ1n) is 8.67. The summed E-state index contributed by atoms with van der Waals surface area (Å²) in [5.41, 5.74) is 2.14. The number of rotatable bonds is 4. The van der Waals surface area contributed by atoms with E-state index in [1.54, 1.807) is 0 Å². The molecule has 130 valence electrons. The Balaban J connectivity index is 1.31. The van der Waals surface area contributed by atoms with Crippen LogP contribution < -0.4 is 0 Å². The van der Waals surface area contributed by atoms with E-state index in [9.17, 15) is 0 Å². The van der Waals surface area contributed by atoms with E-state index < -0.39 is 6.29 Å². The Morgan fingerprint density at radius 3 is 2.40 bits per heavy atom. The molecule has 0 aliphatic carbocycles. The van der Waals surface area contributed by atoms with Crippen LogP contribution in [0.2, 0.25) is 0 Å². The van der Waals surface area contributed by atoms with Crippen LogP contribution in [0.5, 0.6) is 0 Å². The summed E-state index contributed by atoms with van der Waals surface area (Å²) in [6.07, 6.45) is -1.17. The molecule has 0 bridgehead atoms. The molecule has 2 aromatic rings. The molecule has 5 rings (SSSR count). The summed E-state index contributed by atoms with van der Waals surface area (Å²) in [7, 11) is 0. The first-order chi connectivity index (χ1) is 12.4. The maximum Gasteiger partial charge on any atom is 0.187 e. The molecule has 5 heteroatoms. The van der Waals surface area contributed by atoms with Gasteiger partial charge in [-0.1, -0.05) is 60.7 Å². The van der Waals surface area contributed by atoms with Crippen LogP contribution in [0.15, 0.2) is 60.7 Å². The zero-order chi connectivity index (χ0) is 16.6. The van der Waals surface area contributed by atoms with Crippen molar-refractivity contribution in [2.24, 2.45) is 0 Å². The zero-order valence-corrected chi connectivity index (χ0v) is 13.7. The van der Waals surface area contributed by atoms with Gasteiger partial charge in [0, 0.05) is 5.56 Å². The minimum atomic E-state index is -0.399. The molecule has 1 unspecified atom stereocenters. The highest BCUT2D eigenvalue weighted by Gasteiger charge is 2.59. The summed E-state index contributed by atoms with van der Waals surface area (Å²) in [6, 6.07) is 20.1. The Bertz CT molecular complexity index is 707. The van der Waals surface area contributed by atoms with Gasteiger partial charge in [-0.3, -0.25) is 0 Å². The molecule has 25 heavy (non-hydrogen) atoms. The van der Waals surface area contributed by atoms with Crippen molar-refractivity contribution >= 4 is 0 Å². The average Bonchev–Trinajstić information content (AvgIpc) is 3.45. The molecule has 5 nitrogen and oxygen atoms in total. The number of hydrogen-bond donors (Lipinski definition) is 0. The number of ether oxygens (including phenoxy) is 5. The molecule has 3 aliphatic rings. The van der Waals surface area contributed by atoms with Crippen molar-refractivity contribution in [2.45, 2.75) is 43.6 Å². The van der Waals surface area contributed by atoms with Gasteiger partial charge in [-0.2, -0.15) is 0 Å². The van der Waals surface area contributed by atoms with Crippen molar-refractivity contribution in [3.05, 3.63) is 71.8 Å². The highest BCUT2D eigenvalue weighted by atomic mass is 16.8. The highest BCUT2D eigenvalue weighted by molar-refractivity contribution is 5.17. The van der Waals surface area contributed by atoms with E-state index in [2.05, 4.69) is 12.1 Å². The van der Waals surface area contributed by atoms with Crippen molar-refractivity contribution < 1.29 is 23.7 Å². The molecule has 2 aromatic carbocycles. The van der Waals surface area contributed by atoms with Crippen molar-refractivity contribution in [1.29, 1.82) is 0 Å². The molecule has 0 amide bonds. The second-order valence-electron chi connectivity index (χ2n) is 6.58. The van der Waals surface area contributed by atoms with Gasteiger partial charge in [0.25, 0.3) is 0 Å². The van der Waals surface area contributed by atoms with Crippen LogP contribution in [0.3, 0.4) is 0 Å². The Labute approximate surface area is 146 Å². The van der Waals surface area contributed by atoms with Gasteiger partial charge in [-0.05, 0) is 5.56 Å². The minimum Gasteiger partial charge on any atom is -0.368 e. The molecular weight excluding hydrogens is 320 g/mol. The lowest BCUT2D eigenvalue weighted by Crippen LogP contribution is -2.55. The van der Waals surface area contributed by atoms with Crippen LogP contribution in [0.4, 0.5) is 0 Å². The van der Waals surface area contributed by atoms with E-state index in [1.807, 2.05) is 48.5 Å². The van der Waals surface area contributed by atoms with Crippen LogP contribution in [-0.2, 0) is 30.3 Å². The van der Waals surface area contributed by atoms with Gasteiger partial charge in [0.2, 0.25) is 0 Å². The number of benzene rings is 2. The second-order valence-corrected chi connectivity index (χ2v) is 6.58. The average molecular weight is 340 g/mol. The molecule has 0 spiro atoms. The van der Waals surface area contributed by atoms with Crippen molar-refractivity contribution in [1.82, 2.24) is 0 Å². The van der Waals surface area contributed by atoms with Crippen LogP contribution in [-0.4, -0.2) is 37.3 Å². The lowest BCUT2D eigenvalue weighted by atomic mass is 10.0. The third-order valence-corrected chi connectivity index (χ3v) is 4.86. The van der Waals surface area contributed by atoms with Gasteiger partial charge in [0.05, 0.1) is 13.2 Å². The fourth-order valence-electron chi connectivity index (χ4n) is 3.50. The Kier molecular flexibility index (Phi) is 4.04. The van der Waals surface area contributed by atoms with E-state index in [-0.39, 0.29) is 30.7 Å². The second kappa shape index (κ2) is 6.52. The highest BCUT2D eigenvalue weighted by Crippen LogP contribution is 2.42. The van der Waals surface area contributed by atoms with Gasteiger partial charge in [0.15, 0.2) is 12.6 Å². The van der Waals surface area contributed by atoms with Gasteiger partial charge in [-0.25, -0.2) is 0 Å². The fourth-order valence-corrected chi connectivity index (χ4v) is 3.50. The third kappa shape index (κ3) is 3.10. The Morgan fingerprint density at radius 2 is 1.60 bits per heavy atom. The lowest BCUT2D eigenvalue weighted by molar-refractivity contribution is -0.302. The molecule has 0 N–H and O–H groups in total. The lowest BCUT2D eigenvalue weighted by Gasteiger charge is -2.41. The Morgan fingerprint density at radius 1 is 0.840 bits per heavy atom. The molecule has 0 aromatic heterocycles. The molecule has 6 atom stereocenters. The number of hydrogen-bond acceptors (Lipinski definition) is 5. The molecule has 0 radical (unpaired) electrons. The van der Waals surface area contributed by atoms with Crippen LogP contribution in [0.1, 0.15) is 17.4 Å². The SMILES string of the molecule is c1ccc(CO[C@@H]2[C@H]3O[C@@H]3O[C@@H]3COC(c4ccccc4)O[C@@H]23)cc1. The third-order valence-electron chi connectivity index (χ3n) is 4.86. The van der Waals surface area contributed by atoms with E-state index in [4.69, 9.17) is 23.7 Å². The van der Waals surface area contributed by atoms with Crippen molar-refractivity contribution in [3.8, 4) is 0 Å².